The third-order valence-electron chi connectivity index (χ3n) is 3.15. The Bertz CT molecular complexity index is 391. The number of hydrogen-bond acceptors (Lipinski definition) is 6. The first-order valence-electron chi connectivity index (χ1n) is 8.67. The van der Waals surface area contributed by atoms with Gasteiger partial charge in [0.2, 0.25) is 0 Å². The zero-order valence-corrected chi connectivity index (χ0v) is 15.4. The zero-order chi connectivity index (χ0) is 18.2. The fourth-order valence-corrected chi connectivity index (χ4v) is 2.00. The van der Waals surface area contributed by atoms with Crippen molar-refractivity contribution in [2.75, 3.05) is 26.3 Å². The van der Waals surface area contributed by atoms with Gasteiger partial charge < -0.3 is 20.1 Å². The van der Waals surface area contributed by atoms with Gasteiger partial charge in [-0.05, 0) is 40.5 Å². The fourth-order valence-electron chi connectivity index (χ4n) is 2.00. The quantitative estimate of drug-likeness (QED) is 0.305. The van der Waals surface area contributed by atoms with Crippen molar-refractivity contribution in [3.63, 3.8) is 0 Å². The second kappa shape index (κ2) is 14.6. The van der Waals surface area contributed by atoms with E-state index in [1.54, 1.807) is 13.8 Å². The number of hydrogen-bond donors (Lipinski definition) is 2. The molecule has 0 aliphatic carbocycles. The van der Waals surface area contributed by atoms with E-state index >= 15 is 0 Å². The molecule has 0 bridgehead atoms. The van der Waals surface area contributed by atoms with E-state index in [0.717, 1.165) is 50.2 Å². The third-order valence-corrected chi connectivity index (χ3v) is 3.15. The Morgan fingerprint density at radius 3 is 1.46 bits per heavy atom. The van der Waals surface area contributed by atoms with Gasteiger partial charge in [0.05, 0.1) is 13.2 Å². The van der Waals surface area contributed by atoms with Gasteiger partial charge in [0.1, 0.15) is 0 Å². The Kier molecular flexibility index (Phi) is 13.4. The smallest absolute Gasteiger partial charge is 0.332 e. The highest BCUT2D eigenvalue weighted by molar-refractivity contribution is 5.82. The van der Waals surface area contributed by atoms with Crippen molar-refractivity contribution < 1.29 is 19.1 Å². The number of rotatable bonds is 13. The van der Waals surface area contributed by atoms with Crippen molar-refractivity contribution >= 4 is 11.9 Å². The highest BCUT2D eigenvalue weighted by Gasteiger charge is 1.99. The lowest BCUT2D eigenvalue weighted by Gasteiger charge is -2.08. The van der Waals surface area contributed by atoms with E-state index in [2.05, 4.69) is 10.6 Å². The van der Waals surface area contributed by atoms with Gasteiger partial charge in [0.25, 0.3) is 0 Å². The summed E-state index contributed by atoms with van der Waals surface area (Å²) in [5, 5.41) is 6.40. The third kappa shape index (κ3) is 13.7. The van der Waals surface area contributed by atoms with Crippen LogP contribution in [0.4, 0.5) is 0 Å². The molecule has 0 unspecified atom stereocenters. The minimum atomic E-state index is -0.306. The SMILES string of the molecule is CCOC(=O)/C=C(/C)NCCCCCCN/C(C)=C\C(=O)OCC. The highest BCUT2D eigenvalue weighted by atomic mass is 16.5. The molecule has 2 N–H and O–H groups in total. The summed E-state index contributed by atoms with van der Waals surface area (Å²) >= 11 is 0. The summed E-state index contributed by atoms with van der Waals surface area (Å²) in [6.45, 7) is 9.78. The number of allylic oxidation sites excluding steroid dienone is 2. The van der Waals surface area contributed by atoms with Gasteiger partial charge in [0.15, 0.2) is 0 Å². The van der Waals surface area contributed by atoms with Crippen molar-refractivity contribution in [1.29, 1.82) is 0 Å². The molecule has 0 aliphatic heterocycles. The van der Waals surface area contributed by atoms with Crippen LogP contribution in [0.2, 0.25) is 0 Å². The lowest BCUT2D eigenvalue weighted by atomic mass is 10.2. The summed E-state index contributed by atoms with van der Waals surface area (Å²) in [6.07, 6.45) is 7.28. The van der Waals surface area contributed by atoms with Crippen molar-refractivity contribution in [3.8, 4) is 0 Å². The first-order valence-corrected chi connectivity index (χ1v) is 8.67. The molecule has 0 aromatic rings. The number of carbonyl (C=O) groups is 2. The predicted octanol–water partition coefficient (Wildman–Crippen LogP) is 2.66. The first kappa shape index (κ1) is 22.0. The van der Waals surface area contributed by atoms with Crippen LogP contribution in [-0.2, 0) is 19.1 Å². The van der Waals surface area contributed by atoms with Gasteiger partial charge in [-0.15, -0.1) is 0 Å². The topological polar surface area (TPSA) is 76.7 Å². The molecular weight excluding hydrogens is 308 g/mol. The van der Waals surface area contributed by atoms with Gasteiger partial charge in [-0.1, -0.05) is 12.8 Å². The minimum absolute atomic E-state index is 0.306. The second-order valence-corrected chi connectivity index (χ2v) is 5.43. The molecule has 0 spiro atoms. The number of nitrogens with one attached hydrogen (secondary N) is 2. The molecule has 6 heteroatoms. The summed E-state index contributed by atoms with van der Waals surface area (Å²) in [6, 6.07) is 0. The van der Waals surface area contributed by atoms with E-state index in [0.29, 0.717) is 13.2 Å². The number of ether oxygens (including phenoxy) is 2. The maximum absolute atomic E-state index is 11.2. The molecule has 0 aromatic heterocycles. The van der Waals surface area contributed by atoms with Crippen molar-refractivity contribution in [2.24, 2.45) is 0 Å². The summed E-state index contributed by atoms with van der Waals surface area (Å²) < 4.78 is 9.69. The molecule has 0 heterocycles. The molecule has 0 saturated carbocycles. The maximum atomic E-state index is 11.2. The van der Waals surface area contributed by atoms with Crippen LogP contribution in [0.15, 0.2) is 23.5 Å². The lowest BCUT2D eigenvalue weighted by Crippen LogP contribution is -2.16. The van der Waals surface area contributed by atoms with Crippen molar-refractivity contribution in [2.45, 2.75) is 53.4 Å². The number of carbonyl (C=O) groups excluding carboxylic acids is 2. The Hall–Kier alpha value is -1.98. The van der Waals surface area contributed by atoms with Crippen LogP contribution in [0.5, 0.6) is 0 Å². The fraction of sp³-hybridized carbons (Fsp3) is 0.667. The number of esters is 2. The van der Waals surface area contributed by atoms with Gasteiger partial charge in [-0.3, -0.25) is 0 Å². The lowest BCUT2D eigenvalue weighted by molar-refractivity contribution is -0.138. The Balaban J connectivity index is 3.61. The average molecular weight is 340 g/mol. The molecule has 0 saturated heterocycles. The van der Waals surface area contributed by atoms with Gasteiger partial charge in [-0.25, -0.2) is 9.59 Å². The molecule has 0 atom stereocenters. The Labute approximate surface area is 145 Å². The molecule has 0 aromatic carbocycles. The molecule has 0 rings (SSSR count). The van der Waals surface area contributed by atoms with E-state index in [1.807, 2.05) is 13.8 Å². The predicted molar refractivity (Wildman–Crippen MR) is 95.3 cm³/mol. The summed E-state index contributed by atoms with van der Waals surface area (Å²) in [5.74, 6) is -0.611. The van der Waals surface area contributed by atoms with E-state index in [9.17, 15) is 9.59 Å². The summed E-state index contributed by atoms with van der Waals surface area (Å²) in [5.41, 5.74) is 1.66. The van der Waals surface area contributed by atoms with Crippen LogP contribution in [0.3, 0.4) is 0 Å². The average Bonchev–Trinajstić information content (AvgIpc) is 2.50. The van der Waals surface area contributed by atoms with Crippen LogP contribution in [0, 0.1) is 0 Å². The largest absolute Gasteiger partial charge is 0.463 e. The normalized spacial score (nSPS) is 11.8. The van der Waals surface area contributed by atoms with Crippen molar-refractivity contribution in [1.82, 2.24) is 10.6 Å². The highest BCUT2D eigenvalue weighted by Crippen LogP contribution is 2.00. The second-order valence-electron chi connectivity index (χ2n) is 5.43. The summed E-state index contributed by atoms with van der Waals surface area (Å²) in [7, 11) is 0. The van der Waals surface area contributed by atoms with Crippen LogP contribution in [0.1, 0.15) is 53.4 Å². The van der Waals surface area contributed by atoms with Gasteiger partial charge in [-0.2, -0.15) is 0 Å². The van der Waals surface area contributed by atoms with Gasteiger partial charge in [0, 0.05) is 36.6 Å². The van der Waals surface area contributed by atoms with Crippen LogP contribution in [0.25, 0.3) is 0 Å². The van der Waals surface area contributed by atoms with Gasteiger partial charge >= 0.3 is 11.9 Å². The maximum Gasteiger partial charge on any atom is 0.332 e. The molecule has 0 fully saturated rings. The van der Waals surface area contributed by atoms with E-state index in [4.69, 9.17) is 9.47 Å². The van der Waals surface area contributed by atoms with Crippen molar-refractivity contribution in [3.05, 3.63) is 23.5 Å². The molecule has 6 nitrogen and oxygen atoms in total. The monoisotopic (exact) mass is 340 g/mol. The van der Waals surface area contributed by atoms with E-state index < -0.39 is 0 Å². The van der Waals surface area contributed by atoms with E-state index in [1.165, 1.54) is 12.2 Å². The number of unbranched alkanes of at least 4 members (excludes halogenated alkanes) is 3. The van der Waals surface area contributed by atoms with Crippen LogP contribution < -0.4 is 10.6 Å². The Morgan fingerprint density at radius 1 is 0.750 bits per heavy atom. The molecule has 138 valence electrons. The zero-order valence-electron chi connectivity index (χ0n) is 15.4. The van der Waals surface area contributed by atoms with Crippen LogP contribution in [-0.4, -0.2) is 38.2 Å². The molecule has 24 heavy (non-hydrogen) atoms. The molecule has 0 radical (unpaired) electrons. The standard InChI is InChI=1S/C18H32N2O4/c1-5-23-17(21)13-15(3)19-11-9-7-8-10-12-20-16(4)14-18(22)24-6-2/h13-14,19-20H,5-12H2,1-4H3/b15-13-,16-14-. The first-order chi connectivity index (χ1) is 11.5. The molecule has 0 aliphatic rings. The molecule has 0 amide bonds. The van der Waals surface area contributed by atoms with E-state index in [-0.39, 0.29) is 11.9 Å². The van der Waals surface area contributed by atoms with Crippen LogP contribution >= 0.6 is 0 Å². The molecular formula is C18H32N2O4. The Morgan fingerprint density at radius 2 is 1.12 bits per heavy atom. The summed E-state index contributed by atoms with van der Waals surface area (Å²) in [4.78, 5) is 22.5. The minimum Gasteiger partial charge on any atom is -0.463 e.